The first-order valence-corrected chi connectivity index (χ1v) is 15.1. The van der Waals surface area contributed by atoms with Crippen LogP contribution in [0.15, 0.2) is 40.9 Å². The van der Waals surface area contributed by atoms with Crippen LogP contribution in [0.4, 0.5) is 18.9 Å². The Morgan fingerprint density at radius 1 is 1.16 bits per heavy atom. The summed E-state index contributed by atoms with van der Waals surface area (Å²) in [4.78, 5) is 38.8. The van der Waals surface area contributed by atoms with Crippen LogP contribution in [0.5, 0.6) is 5.75 Å². The minimum absolute atomic E-state index is 0.0367. The first kappa shape index (κ1) is 31.0. The molecule has 13 heteroatoms. The van der Waals surface area contributed by atoms with Crippen LogP contribution in [0.2, 0.25) is 0 Å². The summed E-state index contributed by atoms with van der Waals surface area (Å²) in [6.07, 6.45) is -0.510. The maximum Gasteiger partial charge on any atom is 0.421 e. The fraction of sp³-hybridized carbons (Fsp3) is 0.467. The first-order chi connectivity index (χ1) is 20.5. The van der Waals surface area contributed by atoms with Crippen molar-refractivity contribution in [1.29, 1.82) is 0 Å². The van der Waals surface area contributed by atoms with Gasteiger partial charge < -0.3 is 10.1 Å². The number of halogens is 4. The standard InChI is InChI=1S/C30H33BrF3N5O4/c1-38-23-16-19(7-8-20(23)28(37-38)21-9-10-25(40)36-29(21)42)35-26(41)17-39-13-11-18(12-14-39)4-3-15-43-24-6-2-5-22(31)27(24)30(32,33)34/h2,5-8,16,18,21H,3-4,9-15,17H2,1H3,(H,35,41)(H,36,40,42). The lowest BCUT2D eigenvalue weighted by Crippen LogP contribution is -2.39. The predicted molar refractivity (Wildman–Crippen MR) is 158 cm³/mol. The molecule has 1 unspecified atom stereocenters. The third-order valence-corrected chi connectivity index (χ3v) is 8.74. The van der Waals surface area contributed by atoms with E-state index in [2.05, 4.69) is 36.6 Å². The average molecular weight is 665 g/mol. The van der Waals surface area contributed by atoms with Gasteiger partial charge in [-0.3, -0.25) is 29.3 Å². The van der Waals surface area contributed by atoms with E-state index in [0.29, 0.717) is 30.1 Å². The average Bonchev–Trinajstić information content (AvgIpc) is 3.26. The van der Waals surface area contributed by atoms with Crippen LogP contribution < -0.4 is 15.4 Å². The lowest BCUT2D eigenvalue weighted by atomic mass is 9.92. The largest absolute Gasteiger partial charge is 0.493 e. The zero-order valence-electron chi connectivity index (χ0n) is 23.7. The van der Waals surface area contributed by atoms with Crippen LogP contribution in [0.1, 0.15) is 55.7 Å². The Labute approximate surface area is 255 Å². The van der Waals surface area contributed by atoms with E-state index in [9.17, 15) is 27.6 Å². The fourth-order valence-electron chi connectivity index (χ4n) is 5.87. The molecule has 3 aromatic rings. The number of alkyl halides is 3. The van der Waals surface area contributed by atoms with E-state index in [0.717, 1.165) is 43.3 Å². The van der Waals surface area contributed by atoms with Gasteiger partial charge >= 0.3 is 6.18 Å². The summed E-state index contributed by atoms with van der Waals surface area (Å²) in [6.45, 7) is 1.99. The molecule has 2 N–H and O–H groups in total. The number of fused-ring (bicyclic) bond motifs is 1. The van der Waals surface area contributed by atoms with Crippen molar-refractivity contribution in [2.24, 2.45) is 13.0 Å². The van der Waals surface area contributed by atoms with Crippen LogP contribution >= 0.6 is 15.9 Å². The van der Waals surface area contributed by atoms with Gasteiger partial charge in [-0.2, -0.15) is 18.3 Å². The lowest BCUT2D eigenvalue weighted by Gasteiger charge is -2.31. The number of rotatable bonds is 9. The lowest BCUT2D eigenvalue weighted by molar-refractivity contribution is -0.139. The number of aromatic nitrogens is 2. The number of nitrogens with one attached hydrogen (secondary N) is 2. The van der Waals surface area contributed by atoms with E-state index in [1.165, 1.54) is 18.2 Å². The summed E-state index contributed by atoms with van der Waals surface area (Å²) < 4.78 is 47.2. The highest BCUT2D eigenvalue weighted by molar-refractivity contribution is 9.10. The van der Waals surface area contributed by atoms with Gasteiger partial charge in [0.1, 0.15) is 11.3 Å². The van der Waals surface area contributed by atoms with Crippen molar-refractivity contribution < 1.29 is 32.3 Å². The molecule has 5 rings (SSSR count). The predicted octanol–water partition coefficient (Wildman–Crippen LogP) is 5.38. The molecule has 0 aliphatic carbocycles. The Kier molecular flexibility index (Phi) is 9.40. The number of anilines is 1. The molecule has 3 amide bonds. The van der Waals surface area contributed by atoms with Crippen LogP contribution in [0.25, 0.3) is 10.9 Å². The van der Waals surface area contributed by atoms with Gasteiger partial charge in [-0.1, -0.05) is 22.0 Å². The van der Waals surface area contributed by atoms with Crippen molar-refractivity contribution in [2.75, 3.05) is 31.6 Å². The van der Waals surface area contributed by atoms with E-state index in [-0.39, 0.29) is 47.5 Å². The second-order valence-electron chi connectivity index (χ2n) is 11.1. The van der Waals surface area contributed by atoms with E-state index < -0.39 is 17.7 Å². The Hall–Kier alpha value is -3.45. The first-order valence-electron chi connectivity index (χ1n) is 14.3. The van der Waals surface area contributed by atoms with E-state index in [4.69, 9.17) is 4.74 Å². The van der Waals surface area contributed by atoms with Gasteiger partial charge in [0.05, 0.1) is 30.3 Å². The fourth-order valence-corrected chi connectivity index (χ4v) is 6.44. The molecule has 2 aromatic carbocycles. The molecular weight excluding hydrogens is 631 g/mol. The third-order valence-electron chi connectivity index (χ3n) is 8.08. The maximum absolute atomic E-state index is 13.4. The van der Waals surface area contributed by atoms with Gasteiger partial charge in [-0.15, -0.1) is 0 Å². The summed E-state index contributed by atoms with van der Waals surface area (Å²) in [5.74, 6) is -0.980. The van der Waals surface area contributed by atoms with Gasteiger partial charge in [0.15, 0.2) is 0 Å². The summed E-state index contributed by atoms with van der Waals surface area (Å²) in [5, 5.41) is 10.7. The van der Waals surface area contributed by atoms with Crippen LogP contribution in [-0.2, 0) is 27.6 Å². The molecule has 1 aromatic heterocycles. The monoisotopic (exact) mass is 663 g/mol. The number of imide groups is 1. The molecule has 0 radical (unpaired) electrons. The molecule has 2 aliphatic rings. The number of hydrogen-bond donors (Lipinski definition) is 2. The SMILES string of the molecule is Cn1nc(C2CCC(=O)NC2=O)c2ccc(NC(=O)CN3CCC(CCCOc4cccc(Br)c4C(F)(F)F)CC3)cc21. The Balaban J connectivity index is 1.07. The third kappa shape index (κ3) is 7.38. The van der Waals surface area contributed by atoms with Crippen molar-refractivity contribution in [2.45, 2.75) is 50.6 Å². The Morgan fingerprint density at radius 2 is 1.93 bits per heavy atom. The number of piperidine rings is 2. The number of carbonyl (C=O) groups is 3. The van der Waals surface area contributed by atoms with Gasteiger partial charge in [0, 0.05) is 29.0 Å². The molecule has 1 atom stereocenters. The molecule has 0 saturated carbocycles. The minimum atomic E-state index is -4.50. The Bertz CT molecular complexity index is 1520. The number of hydrogen-bond acceptors (Lipinski definition) is 6. The molecule has 3 heterocycles. The topological polar surface area (TPSA) is 106 Å². The normalized spacial score (nSPS) is 18.6. The molecule has 2 aliphatic heterocycles. The van der Waals surface area contributed by atoms with E-state index in [1.807, 2.05) is 12.1 Å². The zero-order chi connectivity index (χ0) is 30.7. The van der Waals surface area contributed by atoms with Crippen LogP contribution in [0, 0.1) is 5.92 Å². The minimum Gasteiger partial charge on any atom is -0.493 e. The second-order valence-corrected chi connectivity index (χ2v) is 12.0. The zero-order valence-corrected chi connectivity index (χ0v) is 25.3. The molecule has 2 fully saturated rings. The highest BCUT2D eigenvalue weighted by Gasteiger charge is 2.37. The van der Waals surface area contributed by atoms with Gasteiger partial charge in [0.2, 0.25) is 17.7 Å². The second kappa shape index (κ2) is 13.0. The number of likely N-dealkylation sites (tertiary alicyclic amines) is 1. The van der Waals surface area contributed by atoms with Crippen molar-refractivity contribution in [3.63, 3.8) is 0 Å². The van der Waals surface area contributed by atoms with E-state index in [1.54, 1.807) is 17.8 Å². The quantitative estimate of drug-likeness (QED) is 0.235. The molecule has 2 saturated heterocycles. The van der Waals surface area contributed by atoms with Crippen molar-refractivity contribution in [3.8, 4) is 5.75 Å². The number of carbonyl (C=O) groups excluding carboxylic acids is 3. The highest BCUT2D eigenvalue weighted by Crippen LogP contribution is 2.41. The molecular formula is C30H33BrF3N5O4. The van der Waals surface area contributed by atoms with Gasteiger partial charge in [-0.05, 0) is 81.4 Å². The van der Waals surface area contributed by atoms with Gasteiger partial charge in [0.25, 0.3) is 0 Å². The number of ether oxygens (including phenoxy) is 1. The summed E-state index contributed by atoms with van der Waals surface area (Å²) in [7, 11) is 1.78. The van der Waals surface area contributed by atoms with Crippen LogP contribution in [0.3, 0.4) is 0 Å². The number of amides is 3. The molecule has 0 spiro atoms. The van der Waals surface area contributed by atoms with Crippen LogP contribution in [-0.4, -0.2) is 58.6 Å². The molecule has 0 bridgehead atoms. The molecule has 43 heavy (non-hydrogen) atoms. The Morgan fingerprint density at radius 3 is 2.65 bits per heavy atom. The van der Waals surface area contributed by atoms with Crippen molar-refractivity contribution in [1.82, 2.24) is 20.0 Å². The number of nitrogens with zero attached hydrogens (tertiary/aromatic N) is 3. The molecule has 230 valence electrons. The van der Waals surface area contributed by atoms with Crippen molar-refractivity contribution >= 4 is 50.2 Å². The summed E-state index contributed by atoms with van der Waals surface area (Å²) in [5.41, 5.74) is 1.23. The maximum atomic E-state index is 13.4. The summed E-state index contributed by atoms with van der Waals surface area (Å²) >= 11 is 2.97. The molecule has 9 nitrogen and oxygen atoms in total. The summed E-state index contributed by atoms with van der Waals surface area (Å²) in [6, 6.07) is 9.67. The van der Waals surface area contributed by atoms with E-state index >= 15 is 0 Å². The highest BCUT2D eigenvalue weighted by atomic mass is 79.9. The smallest absolute Gasteiger partial charge is 0.421 e. The van der Waals surface area contributed by atoms with Gasteiger partial charge in [-0.25, -0.2) is 0 Å². The number of benzene rings is 2. The van der Waals surface area contributed by atoms with Crippen molar-refractivity contribution in [3.05, 3.63) is 52.1 Å². The number of aryl methyl sites for hydroxylation is 1.